The lowest BCUT2D eigenvalue weighted by molar-refractivity contribution is -0.121. The fourth-order valence-corrected chi connectivity index (χ4v) is 2.77. The zero-order valence-corrected chi connectivity index (χ0v) is 13.9. The first kappa shape index (κ1) is 16.6. The van der Waals surface area contributed by atoms with Crippen molar-refractivity contribution in [1.29, 1.82) is 0 Å². The molecule has 0 aliphatic carbocycles. The molecular formula is C17H23N5O2. The third-order valence-electron chi connectivity index (χ3n) is 4.29. The summed E-state index contributed by atoms with van der Waals surface area (Å²) in [5.74, 6) is 0.715. The average molecular weight is 329 g/mol. The van der Waals surface area contributed by atoms with Crippen LogP contribution in [0.2, 0.25) is 0 Å². The number of nitrogens with zero attached hydrogens (tertiary/aromatic N) is 4. The van der Waals surface area contributed by atoms with Crippen molar-refractivity contribution < 1.29 is 9.53 Å². The Bertz CT molecular complexity index is 648. The van der Waals surface area contributed by atoms with Gasteiger partial charge >= 0.3 is 0 Å². The molecule has 7 nitrogen and oxygen atoms in total. The topological polar surface area (TPSA) is 81.9 Å². The van der Waals surface area contributed by atoms with Gasteiger partial charge < -0.3 is 14.6 Å². The lowest BCUT2D eigenvalue weighted by atomic mass is 9.95. The molecule has 0 radical (unpaired) electrons. The number of rotatable bonds is 6. The monoisotopic (exact) mass is 329 g/mol. The van der Waals surface area contributed by atoms with Crippen LogP contribution in [0.3, 0.4) is 0 Å². The summed E-state index contributed by atoms with van der Waals surface area (Å²) >= 11 is 0. The molecule has 0 aromatic carbocycles. The van der Waals surface area contributed by atoms with Gasteiger partial charge in [-0.05, 0) is 26.2 Å². The van der Waals surface area contributed by atoms with Crippen molar-refractivity contribution >= 4 is 5.91 Å². The van der Waals surface area contributed by atoms with Gasteiger partial charge in [0.2, 0.25) is 5.91 Å². The van der Waals surface area contributed by atoms with Crippen molar-refractivity contribution in [2.75, 3.05) is 6.61 Å². The Kier molecular flexibility index (Phi) is 5.20. The molecule has 1 aliphatic heterocycles. The van der Waals surface area contributed by atoms with Crippen LogP contribution in [0.15, 0.2) is 31.1 Å². The van der Waals surface area contributed by atoms with Gasteiger partial charge in [-0.25, -0.2) is 15.0 Å². The van der Waals surface area contributed by atoms with Gasteiger partial charge in [0, 0.05) is 56.5 Å². The minimum atomic E-state index is -0.384. The summed E-state index contributed by atoms with van der Waals surface area (Å²) < 4.78 is 7.73. The standard InChI is InChI=1S/C17H23N5O2/c1-17(5-2-3-9-24-17)16-20-11-14(12-21-16)10-19-15(23)4-7-22-8-6-18-13-22/h6,8,11-13H,2-5,7,9-10H2,1H3,(H,19,23)/t17-/m1/s1. The second kappa shape index (κ2) is 7.53. The van der Waals surface area contributed by atoms with Gasteiger partial charge in [0.1, 0.15) is 5.60 Å². The van der Waals surface area contributed by atoms with Crippen molar-refractivity contribution in [3.05, 3.63) is 42.5 Å². The minimum Gasteiger partial charge on any atom is -0.367 e. The molecule has 0 spiro atoms. The highest BCUT2D eigenvalue weighted by Crippen LogP contribution is 2.32. The second-order valence-corrected chi connectivity index (χ2v) is 6.28. The van der Waals surface area contributed by atoms with E-state index in [9.17, 15) is 4.79 Å². The summed E-state index contributed by atoms with van der Waals surface area (Å²) in [6.45, 7) is 3.85. The molecule has 2 aromatic heterocycles. The summed E-state index contributed by atoms with van der Waals surface area (Å²) in [6, 6.07) is 0. The second-order valence-electron chi connectivity index (χ2n) is 6.28. The SMILES string of the molecule is C[C@]1(c2ncc(CNC(=O)CCn3ccnc3)cn2)CCCCO1. The molecule has 0 unspecified atom stereocenters. The van der Waals surface area contributed by atoms with E-state index in [1.165, 1.54) is 0 Å². The van der Waals surface area contributed by atoms with E-state index in [-0.39, 0.29) is 11.5 Å². The van der Waals surface area contributed by atoms with E-state index in [1.807, 2.05) is 17.7 Å². The van der Waals surface area contributed by atoms with Crippen LogP contribution < -0.4 is 5.32 Å². The highest BCUT2D eigenvalue weighted by Gasteiger charge is 2.32. The number of hydrogen-bond acceptors (Lipinski definition) is 5. The number of nitrogens with one attached hydrogen (secondary N) is 1. The normalized spacial score (nSPS) is 20.7. The van der Waals surface area contributed by atoms with Crippen molar-refractivity contribution in [1.82, 2.24) is 24.8 Å². The average Bonchev–Trinajstić information content (AvgIpc) is 3.13. The van der Waals surface area contributed by atoms with Crippen molar-refractivity contribution in [3.8, 4) is 0 Å². The molecule has 1 amide bonds. The quantitative estimate of drug-likeness (QED) is 0.874. The van der Waals surface area contributed by atoms with Crippen LogP contribution in [0.4, 0.5) is 0 Å². The Hall–Kier alpha value is -2.28. The molecule has 1 fully saturated rings. The number of hydrogen-bond donors (Lipinski definition) is 1. The molecule has 1 saturated heterocycles. The Morgan fingerprint density at radius 1 is 1.38 bits per heavy atom. The van der Waals surface area contributed by atoms with Crippen LogP contribution in [0.1, 0.15) is 44.0 Å². The maximum atomic E-state index is 11.9. The summed E-state index contributed by atoms with van der Waals surface area (Å²) in [5.41, 5.74) is 0.499. The van der Waals surface area contributed by atoms with Crippen LogP contribution in [0.25, 0.3) is 0 Å². The largest absolute Gasteiger partial charge is 0.367 e. The third kappa shape index (κ3) is 4.17. The van der Waals surface area contributed by atoms with Crippen LogP contribution in [0, 0.1) is 0 Å². The fraction of sp³-hybridized carbons (Fsp3) is 0.529. The molecule has 1 N–H and O–H groups in total. The van der Waals surface area contributed by atoms with E-state index in [0.717, 1.165) is 37.3 Å². The Morgan fingerprint density at radius 2 is 2.21 bits per heavy atom. The predicted octanol–water partition coefficient (Wildman–Crippen LogP) is 1.80. The molecular weight excluding hydrogens is 306 g/mol. The van der Waals surface area contributed by atoms with E-state index in [4.69, 9.17) is 4.74 Å². The summed E-state index contributed by atoms with van der Waals surface area (Å²) in [7, 11) is 0. The van der Waals surface area contributed by atoms with Gasteiger partial charge in [-0.2, -0.15) is 0 Å². The molecule has 0 saturated carbocycles. The lowest BCUT2D eigenvalue weighted by Gasteiger charge is -2.32. The predicted molar refractivity (Wildman–Crippen MR) is 87.9 cm³/mol. The Balaban J connectivity index is 1.48. The smallest absolute Gasteiger partial charge is 0.222 e. The van der Waals surface area contributed by atoms with Crippen molar-refractivity contribution in [2.45, 2.75) is 51.3 Å². The van der Waals surface area contributed by atoms with Gasteiger partial charge in [0.15, 0.2) is 5.82 Å². The molecule has 3 heterocycles. The maximum absolute atomic E-state index is 11.9. The van der Waals surface area contributed by atoms with E-state index in [2.05, 4.69) is 20.3 Å². The van der Waals surface area contributed by atoms with Gasteiger partial charge in [0.25, 0.3) is 0 Å². The van der Waals surface area contributed by atoms with Crippen LogP contribution in [-0.2, 0) is 28.2 Å². The highest BCUT2D eigenvalue weighted by atomic mass is 16.5. The van der Waals surface area contributed by atoms with Gasteiger partial charge in [-0.1, -0.05) is 0 Å². The zero-order chi connectivity index (χ0) is 16.8. The van der Waals surface area contributed by atoms with Gasteiger partial charge in [-0.15, -0.1) is 0 Å². The molecule has 1 aliphatic rings. The highest BCUT2D eigenvalue weighted by molar-refractivity contribution is 5.75. The first-order chi connectivity index (χ1) is 11.7. The number of aryl methyl sites for hydroxylation is 1. The van der Waals surface area contributed by atoms with Crippen LogP contribution in [0.5, 0.6) is 0 Å². The third-order valence-corrected chi connectivity index (χ3v) is 4.29. The summed E-state index contributed by atoms with van der Waals surface area (Å²) in [5, 5.41) is 2.89. The molecule has 24 heavy (non-hydrogen) atoms. The number of imidazole rings is 1. The van der Waals surface area contributed by atoms with Gasteiger partial charge in [-0.3, -0.25) is 4.79 Å². The Labute approximate surface area is 141 Å². The summed E-state index contributed by atoms with van der Waals surface area (Å²) in [6.07, 6.45) is 12.4. The van der Waals surface area contributed by atoms with E-state index < -0.39 is 0 Å². The number of carbonyl (C=O) groups excluding carboxylic acids is 1. The number of ether oxygens (including phenoxy) is 1. The van der Waals surface area contributed by atoms with Gasteiger partial charge in [0.05, 0.1) is 6.33 Å². The first-order valence-electron chi connectivity index (χ1n) is 8.33. The van der Waals surface area contributed by atoms with Crippen molar-refractivity contribution in [3.63, 3.8) is 0 Å². The number of aromatic nitrogens is 4. The molecule has 128 valence electrons. The Morgan fingerprint density at radius 3 is 2.88 bits per heavy atom. The molecule has 7 heteroatoms. The number of carbonyl (C=O) groups is 1. The molecule has 0 bridgehead atoms. The van der Waals surface area contributed by atoms with E-state index in [1.54, 1.807) is 24.9 Å². The minimum absolute atomic E-state index is 0.00430. The summed E-state index contributed by atoms with van der Waals surface area (Å²) in [4.78, 5) is 24.7. The molecule has 2 aromatic rings. The van der Waals surface area contributed by atoms with E-state index in [0.29, 0.717) is 19.5 Å². The zero-order valence-electron chi connectivity index (χ0n) is 13.9. The maximum Gasteiger partial charge on any atom is 0.222 e. The first-order valence-corrected chi connectivity index (χ1v) is 8.33. The fourth-order valence-electron chi connectivity index (χ4n) is 2.77. The van der Waals surface area contributed by atoms with Crippen LogP contribution in [-0.4, -0.2) is 32.0 Å². The number of amides is 1. The van der Waals surface area contributed by atoms with Crippen LogP contribution >= 0.6 is 0 Å². The molecule has 3 rings (SSSR count). The molecule has 1 atom stereocenters. The lowest BCUT2D eigenvalue weighted by Crippen LogP contribution is -2.32. The van der Waals surface area contributed by atoms with E-state index >= 15 is 0 Å². The van der Waals surface area contributed by atoms with Crippen molar-refractivity contribution in [2.24, 2.45) is 0 Å².